The first-order valence-electron chi connectivity index (χ1n) is 11.0. The molecule has 1 amide bonds. The summed E-state index contributed by atoms with van der Waals surface area (Å²) in [6, 6.07) is 20.5. The summed E-state index contributed by atoms with van der Waals surface area (Å²) in [7, 11) is -3.72. The molecule has 0 spiro atoms. The van der Waals surface area contributed by atoms with E-state index in [9.17, 15) is 13.2 Å². The predicted molar refractivity (Wildman–Crippen MR) is 132 cm³/mol. The van der Waals surface area contributed by atoms with E-state index in [1.807, 2.05) is 26.0 Å². The Balaban J connectivity index is 1.31. The fourth-order valence-electron chi connectivity index (χ4n) is 3.96. The second-order valence-electron chi connectivity index (χ2n) is 8.30. The molecule has 0 unspecified atom stereocenters. The number of nitrogens with zero attached hydrogens (tertiary/aromatic N) is 3. The maximum Gasteiger partial charge on any atom is 0.251 e. The molecule has 5 aromatic rings. The summed E-state index contributed by atoms with van der Waals surface area (Å²) in [5.41, 5.74) is 5.35. The first kappa shape index (κ1) is 22.5. The molecule has 0 radical (unpaired) electrons. The Bertz CT molecular complexity index is 1650. The van der Waals surface area contributed by atoms with Crippen LogP contribution < -0.4 is 5.32 Å². The largest absolute Gasteiger partial charge is 0.348 e. The maximum absolute atomic E-state index is 13.2. The van der Waals surface area contributed by atoms with Crippen molar-refractivity contribution in [3.8, 4) is 5.69 Å². The lowest BCUT2D eigenvalue weighted by Crippen LogP contribution is -2.22. The average Bonchev–Trinajstić information content (AvgIpc) is 3.47. The van der Waals surface area contributed by atoms with Crippen molar-refractivity contribution in [2.45, 2.75) is 30.2 Å². The number of amides is 1. The first-order valence-corrected chi connectivity index (χ1v) is 12.5. The van der Waals surface area contributed by atoms with Crippen LogP contribution in [0.4, 0.5) is 0 Å². The highest BCUT2D eigenvalue weighted by Gasteiger charge is 2.19. The van der Waals surface area contributed by atoms with Crippen LogP contribution in [-0.2, 0) is 16.4 Å². The summed E-state index contributed by atoms with van der Waals surface area (Å²) in [6.45, 7) is 4.09. The number of nitrogens with one attached hydrogen (secondary N) is 2. The zero-order valence-corrected chi connectivity index (χ0v) is 20.0. The number of carbonyl (C=O) groups is 1. The molecule has 8 nitrogen and oxygen atoms in total. The van der Waals surface area contributed by atoms with E-state index in [2.05, 4.69) is 20.4 Å². The van der Waals surface area contributed by atoms with Crippen LogP contribution in [0.2, 0.25) is 0 Å². The predicted octanol–water partition coefficient (Wildman–Crippen LogP) is 4.13. The zero-order valence-electron chi connectivity index (χ0n) is 19.2. The molecule has 0 bridgehead atoms. The Morgan fingerprint density at radius 2 is 1.77 bits per heavy atom. The number of H-pyrrole nitrogens is 1. The summed E-state index contributed by atoms with van der Waals surface area (Å²) in [6.07, 6.45) is 1.58. The van der Waals surface area contributed by atoms with Gasteiger partial charge in [0.25, 0.3) is 5.91 Å². The van der Waals surface area contributed by atoms with Crippen LogP contribution in [0.15, 0.2) is 88.9 Å². The molecular weight excluding hydrogens is 462 g/mol. The van der Waals surface area contributed by atoms with E-state index in [0.29, 0.717) is 11.3 Å². The van der Waals surface area contributed by atoms with Gasteiger partial charge in [-0.25, -0.2) is 18.1 Å². The lowest BCUT2D eigenvalue weighted by atomic mass is 10.1. The number of benzene rings is 3. The van der Waals surface area contributed by atoms with Crippen LogP contribution in [0.1, 0.15) is 27.3 Å². The second-order valence-corrected chi connectivity index (χ2v) is 10.3. The maximum atomic E-state index is 13.2. The summed E-state index contributed by atoms with van der Waals surface area (Å²) in [5, 5.41) is 7.30. The lowest BCUT2D eigenvalue weighted by molar-refractivity contribution is 0.0951. The Morgan fingerprint density at radius 1 is 0.971 bits per heavy atom. The fourth-order valence-corrected chi connectivity index (χ4v) is 5.26. The minimum Gasteiger partial charge on any atom is -0.348 e. The molecule has 0 aliphatic heterocycles. The van der Waals surface area contributed by atoms with Crippen LogP contribution in [0, 0.1) is 13.8 Å². The molecule has 9 heteroatoms. The Labute approximate surface area is 202 Å². The minimum atomic E-state index is -3.72. The molecule has 5 rings (SSSR count). The normalized spacial score (nSPS) is 11.6. The van der Waals surface area contributed by atoms with Gasteiger partial charge in [-0.2, -0.15) is 5.10 Å². The molecule has 0 atom stereocenters. The summed E-state index contributed by atoms with van der Waals surface area (Å²) in [5.74, 6) is -0.223. The van der Waals surface area contributed by atoms with E-state index in [4.69, 9.17) is 0 Å². The highest BCUT2D eigenvalue weighted by atomic mass is 32.2. The third-order valence-electron chi connectivity index (χ3n) is 5.75. The van der Waals surface area contributed by atoms with Gasteiger partial charge in [0.05, 0.1) is 38.5 Å². The topological polar surface area (TPSA) is 110 Å². The average molecular weight is 486 g/mol. The number of aromatic nitrogens is 4. The van der Waals surface area contributed by atoms with Crippen molar-refractivity contribution in [1.82, 2.24) is 25.1 Å². The van der Waals surface area contributed by atoms with Gasteiger partial charge in [0, 0.05) is 17.8 Å². The summed E-state index contributed by atoms with van der Waals surface area (Å²) in [4.78, 5) is 20.0. The third-order valence-corrected chi connectivity index (χ3v) is 7.52. The van der Waals surface area contributed by atoms with E-state index in [-0.39, 0.29) is 22.2 Å². The quantitative estimate of drug-likeness (QED) is 0.376. The van der Waals surface area contributed by atoms with Crippen LogP contribution >= 0.6 is 0 Å². The highest BCUT2D eigenvalue weighted by Crippen LogP contribution is 2.24. The van der Waals surface area contributed by atoms with E-state index >= 15 is 0 Å². The van der Waals surface area contributed by atoms with Gasteiger partial charge in [-0.1, -0.05) is 18.2 Å². The van der Waals surface area contributed by atoms with Crippen LogP contribution in [0.5, 0.6) is 0 Å². The highest BCUT2D eigenvalue weighted by molar-refractivity contribution is 7.91. The molecule has 176 valence electrons. The molecule has 2 N–H and O–H groups in total. The van der Waals surface area contributed by atoms with Crippen molar-refractivity contribution in [3.05, 3.63) is 102 Å². The standard InChI is InChI=1S/C26H23N5O3S/c1-17-12-18(2)31(30-17)21-4-3-5-23(14-21)35(33,34)22-9-6-19(7-10-22)15-27-26(32)20-8-11-24-25(13-20)29-16-28-24/h3-14,16H,15H2,1-2H3,(H,27,32)(H,28,29). The zero-order chi connectivity index (χ0) is 24.6. The number of hydrogen-bond donors (Lipinski definition) is 2. The number of rotatable bonds is 6. The molecule has 2 aromatic heterocycles. The monoisotopic (exact) mass is 485 g/mol. The Hall–Kier alpha value is -4.24. The van der Waals surface area contributed by atoms with Gasteiger partial charge < -0.3 is 10.3 Å². The minimum absolute atomic E-state index is 0.183. The van der Waals surface area contributed by atoms with E-state index < -0.39 is 9.84 Å². The van der Waals surface area contributed by atoms with E-state index in [1.54, 1.807) is 71.7 Å². The molecule has 35 heavy (non-hydrogen) atoms. The number of sulfone groups is 1. The molecule has 0 saturated heterocycles. The second kappa shape index (κ2) is 8.84. The van der Waals surface area contributed by atoms with E-state index in [0.717, 1.165) is 28.0 Å². The molecule has 3 aromatic carbocycles. The lowest BCUT2D eigenvalue weighted by Gasteiger charge is -2.10. The van der Waals surface area contributed by atoms with Crippen molar-refractivity contribution in [1.29, 1.82) is 0 Å². The molecule has 2 heterocycles. The molecule has 0 aliphatic carbocycles. The number of fused-ring (bicyclic) bond motifs is 1. The smallest absolute Gasteiger partial charge is 0.251 e. The van der Waals surface area contributed by atoms with Crippen molar-refractivity contribution in [2.75, 3.05) is 0 Å². The van der Waals surface area contributed by atoms with E-state index in [1.165, 1.54) is 0 Å². The van der Waals surface area contributed by atoms with Crippen LogP contribution in [0.3, 0.4) is 0 Å². The van der Waals surface area contributed by atoms with Gasteiger partial charge in [0.2, 0.25) is 9.84 Å². The number of aryl methyl sites for hydroxylation is 2. The Kier molecular flexibility index (Phi) is 5.70. The van der Waals surface area contributed by atoms with Crippen molar-refractivity contribution < 1.29 is 13.2 Å². The van der Waals surface area contributed by atoms with Gasteiger partial charge in [-0.05, 0) is 74.0 Å². The molecule has 0 saturated carbocycles. The number of hydrogen-bond acceptors (Lipinski definition) is 5. The van der Waals surface area contributed by atoms with Gasteiger partial charge in [0.1, 0.15) is 0 Å². The molecular formula is C26H23N5O3S. The Morgan fingerprint density at radius 3 is 2.51 bits per heavy atom. The van der Waals surface area contributed by atoms with Crippen molar-refractivity contribution in [3.63, 3.8) is 0 Å². The van der Waals surface area contributed by atoms with Gasteiger partial charge in [-0.15, -0.1) is 0 Å². The molecule has 0 fully saturated rings. The van der Waals surface area contributed by atoms with Crippen LogP contribution in [-0.4, -0.2) is 34.1 Å². The number of carbonyl (C=O) groups excluding carboxylic acids is 1. The third kappa shape index (κ3) is 4.45. The summed E-state index contributed by atoms with van der Waals surface area (Å²) >= 11 is 0. The fraction of sp³-hybridized carbons (Fsp3) is 0.115. The molecule has 0 aliphatic rings. The van der Waals surface area contributed by atoms with Gasteiger partial charge >= 0.3 is 0 Å². The van der Waals surface area contributed by atoms with Crippen molar-refractivity contribution >= 4 is 26.8 Å². The van der Waals surface area contributed by atoms with Crippen molar-refractivity contribution in [2.24, 2.45) is 0 Å². The first-order chi connectivity index (χ1) is 16.8. The number of imidazole rings is 1. The summed E-state index contributed by atoms with van der Waals surface area (Å²) < 4.78 is 28.2. The van der Waals surface area contributed by atoms with Gasteiger partial charge in [-0.3, -0.25) is 4.79 Å². The SMILES string of the molecule is Cc1cc(C)n(-c2cccc(S(=O)(=O)c3ccc(CNC(=O)c4ccc5nc[nH]c5c4)cc3)c2)n1. The van der Waals surface area contributed by atoms with Crippen LogP contribution in [0.25, 0.3) is 16.7 Å². The number of aromatic amines is 1. The van der Waals surface area contributed by atoms with Gasteiger partial charge in [0.15, 0.2) is 0 Å².